The quantitative estimate of drug-likeness (QED) is 0.798. The van der Waals surface area contributed by atoms with Gasteiger partial charge in [-0.25, -0.2) is 0 Å². The molecule has 1 amide bonds. The fourth-order valence-corrected chi connectivity index (χ4v) is 2.38. The van der Waals surface area contributed by atoms with E-state index in [0.29, 0.717) is 0 Å². The average molecular weight is 226 g/mol. The van der Waals surface area contributed by atoms with Crippen LogP contribution >= 0.6 is 0 Å². The third-order valence-electron chi connectivity index (χ3n) is 3.46. The van der Waals surface area contributed by atoms with Crippen molar-refractivity contribution in [2.45, 2.75) is 52.5 Å². The molecule has 0 aromatic heterocycles. The van der Waals surface area contributed by atoms with Crippen LogP contribution in [0.25, 0.3) is 0 Å². The predicted molar refractivity (Wildman–Crippen MR) is 67.4 cm³/mol. The topological polar surface area (TPSA) is 32.3 Å². The third kappa shape index (κ3) is 3.48. The van der Waals surface area contributed by atoms with Crippen LogP contribution in [-0.4, -0.2) is 36.0 Å². The lowest BCUT2D eigenvalue weighted by Crippen LogP contribution is -2.54. The van der Waals surface area contributed by atoms with E-state index in [0.717, 1.165) is 38.4 Å². The maximum atomic E-state index is 12.3. The van der Waals surface area contributed by atoms with Crippen molar-refractivity contribution in [2.75, 3.05) is 19.6 Å². The molecule has 0 bridgehead atoms. The van der Waals surface area contributed by atoms with Crippen LogP contribution in [0.5, 0.6) is 0 Å². The highest BCUT2D eigenvalue weighted by atomic mass is 16.2. The molecule has 0 aromatic carbocycles. The van der Waals surface area contributed by atoms with Gasteiger partial charge in [0.05, 0.1) is 5.54 Å². The first kappa shape index (κ1) is 13.5. The molecule has 1 aliphatic rings. The lowest BCUT2D eigenvalue weighted by molar-refractivity contribution is -0.137. The second-order valence-electron chi connectivity index (χ2n) is 5.48. The van der Waals surface area contributed by atoms with E-state index >= 15 is 0 Å². The van der Waals surface area contributed by atoms with E-state index < -0.39 is 5.54 Å². The van der Waals surface area contributed by atoms with Crippen molar-refractivity contribution < 1.29 is 4.79 Å². The van der Waals surface area contributed by atoms with E-state index in [2.05, 4.69) is 12.2 Å². The highest BCUT2D eigenvalue weighted by Gasteiger charge is 2.31. The van der Waals surface area contributed by atoms with Crippen LogP contribution in [0.2, 0.25) is 0 Å². The van der Waals surface area contributed by atoms with E-state index in [9.17, 15) is 4.79 Å². The van der Waals surface area contributed by atoms with Crippen LogP contribution in [-0.2, 0) is 4.79 Å². The van der Waals surface area contributed by atoms with Crippen molar-refractivity contribution in [2.24, 2.45) is 5.92 Å². The smallest absolute Gasteiger partial charge is 0.242 e. The number of hydrogen-bond donors (Lipinski definition) is 1. The Morgan fingerprint density at radius 3 is 2.69 bits per heavy atom. The lowest BCUT2D eigenvalue weighted by atomic mass is 10.0. The molecule has 94 valence electrons. The zero-order valence-corrected chi connectivity index (χ0v) is 11.2. The highest BCUT2D eigenvalue weighted by molar-refractivity contribution is 5.85. The number of nitrogens with zero attached hydrogens (tertiary/aromatic N) is 1. The van der Waals surface area contributed by atoms with Crippen LogP contribution in [0.1, 0.15) is 47.0 Å². The zero-order chi connectivity index (χ0) is 12.2. The molecular formula is C13H26N2O. The van der Waals surface area contributed by atoms with Crippen LogP contribution in [0, 0.1) is 5.92 Å². The minimum atomic E-state index is -0.414. The average Bonchev–Trinajstić information content (AvgIpc) is 2.42. The summed E-state index contributed by atoms with van der Waals surface area (Å²) in [6.45, 7) is 11.0. The number of likely N-dealkylation sites (N-methyl/N-ethyl adjacent to an activating group) is 1. The monoisotopic (exact) mass is 226 g/mol. The molecule has 1 N–H and O–H groups in total. The van der Waals surface area contributed by atoms with Crippen LogP contribution in [0.4, 0.5) is 0 Å². The fraction of sp³-hybridized carbons (Fsp3) is 0.923. The molecule has 1 rings (SSSR count). The Morgan fingerprint density at radius 2 is 2.06 bits per heavy atom. The van der Waals surface area contributed by atoms with Gasteiger partial charge in [-0.15, -0.1) is 0 Å². The minimum absolute atomic E-state index is 0.253. The summed E-state index contributed by atoms with van der Waals surface area (Å²) in [6.07, 6.45) is 3.55. The first-order chi connectivity index (χ1) is 7.47. The molecule has 1 heterocycles. The Balaban J connectivity index is 2.58. The van der Waals surface area contributed by atoms with Gasteiger partial charge in [0.1, 0.15) is 0 Å². The summed E-state index contributed by atoms with van der Waals surface area (Å²) in [6, 6.07) is 0. The Labute approximate surface area is 99.6 Å². The normalized spacial score (nSPS) is 23.0. The van der Waals surface area contributed by atoms with Crippen LogP contribution in [0.3, 0.4) is 0 Å². The number of likely N-dealkylation sites (tertiary alicyclic amines) is 1. The van der Waals surface area contributed by atoms with Crippen molar-refractivity contribution in [3.63, 3.8) is 0 Å². The summed E-state index contributed by atoms with van der Waals surface area (Å²) in [4.78, 5) is 14.4. The Hall–Kier alpha value is -0.570. The summed E-state index contributed by atoms with van der Waals surface area (Å²) in [5, 5.41) is 3.26. The first-order valence-electron chi connectivity index (χ1n) is 6.51. The fourth-order valence-electron chi connectivity index (χ4n) is 2.38. The van der Waals surface area contributed by atoms with Crippen molar-refractivity contribution >= 4 is 5.91 Å². The maximum absolute atomic E-state index is 12.3. The Kier molecular flexibility index (Phi) is 4.78. The number of carbonyl (C=O) groups is 1. The summed E-state index contributed by atoms with van der Waals surface area (Å²) in [5.74, 6) is 1.02. The number of carbonyl (C=O) groups excluding carboxylic acids is 1. The molecule has 1 aliphatic heterocycles. The number of rotatable bonds is 3. The SMILES string of the molecule is CCNC(C)(C)C(=O)N1CCCC(C)CC1. The second-order valence-corrected chi connectivity index (χ2v) is 5.48. The van der Waals surface area contributed by atoms with Gasteiger partial charge in [-0.2, -0.15) is 0 Å². The molecule has 1 fully saturated rings. The summed E-state index contributed by atoms with van der Waals surface area (Å²) >= 11 is 0. The van der Waals surface area contributed by atoms with Crippen LogP contribution in [0.15, 0.2) is 0 Å². The van der Waals surface area contributed by atoms with E-state index in [1.54, 1.807) is 0 Å². The molecule has 0 aliphatic carbocycles. The van der Waals surface area contributed by atoms with Crippen molar-refractivity contribution in [1.82, 2.24) is 10.2 Å². The second kappa shape index (κ2) is 5.67. The van der Waals surface area contributed by atoms with Crippen molar-refractivity contribution in [3.05, 3.63) is 0 Å². The molecule has 1 unspecified atom stereocenters. The Morgan fingerprint density at radius 1 is 1.38 bits per heavy atom. The summed E-state index contributed by atoms with van der Waals surface area (Å²) in [7, 11) is 0. The summed E-state index contributed by atoms with van der Waals surface area (Å²) < 4.78 is 0. The molecular weight excluding hydrogens is 200 g/mol. The van der Waals surface area contributed by atoms with Gasteiger partial charge in [0.25, 0.3) is 0 Å². The van der Waals surface area contributed by atoms with Gasteiger partial charge in [0, 0.05) is 13.1 Å². The van der Waals surface area contributed by atoms with Gasteiger partial charge in [-0.1, -0.05) is 13.8 Å². The predicted octanol–water partition coefficient (Wildman–Crippen LogP) is 2.02. The zero-order valence-electron chi connectivity index (χ0n) is 11.2. The van der Waals surface area contributed by atoms with E-state index in [4.69, 9.17) is 0 Å². The van der Waals surface area contributed by atoms with E-state index in [1.807, 2.05) is 25.7 Å². The molecule has 1 saturated heterocycles. The van der Waals surface area contributed by atoms with E-state index in [1.165, 1.54) is 6.42 Å². The number of nitrogens with one attached hydrogen (secondary N) is 1. The summed E-state index contributed by atoms with van der Waals surface area (Å²) in [5.41, 5.74) is -0.414. The van der Waals surface area contributed by atoms with Gasteiger partial charge in [0.15, 0.2) is 0 Å². The third-order valence-corrected chi connectivity index (χ3v) is 3.46. The van der Waals surface area contributed by atoms with E-state index in [-0.39, 0.29) is 5.91 Å². The van der Waals surface area contributed by atoms with Crippen molar-refractivity contribution in [1.29, 1.82) is 0 Å². The number of amides is 1. The molecule has 16 heavy (non-hydrogen) atoms. The van der Waals surface area contributed by atoms with Crippen LogP contribution < -0.4 is 5.32 Å². The molecule has 3 heteroatoms. The molecule has 0 aromatic rings. The molecule has 0 saturated carbocycles. The number of hydrogen-bond acceptors (Lipinski definition) is 2. The first-order valence-corrected chi connectivity index (χ1v) is 6.51. The molecule has 1 atom stereocenters. The lowest BCUT2D eigenvalue weighted by Gasteiger charge is -2.31. The van der Waals surface area contributed by atoms with Gasteiger partial charge < -0.3 is 10.2 Å². The standard InChI is InChI=1S/C13H26N2O/c1-5-14-13(3,4)12(16)15-9-6-7-11(2)8-10-15/h11,14H,5-10H2,1-4H3. The molecule has 0 radical (unpaired) electrons. The van der Waals surface area contributed by atoms with Gasteiger partial charge in [-0.3, -0.25) is 4.79 Å². The van der Waals surface area contributed by atoms with Gasteiger partial charge in [0.2, 0.25) is 5.91 Å². The molecule has 0 spiro atoms. The Bertz CT molecular complexity index is 238. The largest absolute Gasteiger partial charge is 0.341 e. The van der Waals surface area contributed by atoms with Gasteiger partial charge in [-0.05, 0) is 45.6 Å². The highest BCUT2D eigenvalue weighted by Crippen LogP contribution is 2.19. The minimum Gasteiger partial charge on any atom is -0.341 e. The molecule has 3 nitrogen and oxygen atoms in total. The van der Waals surface area contributed by atoms with Gasteiger partial charge >= 0.3 is 0 Å². The maximum Gasteiger partial charge on any atom is 0.242 e. The van der Waals surface area contributed by atoms with Crippen molar-refractivity contribution in [3.8, 4) is 0 Å².